The van der Waals surface area contributed by atoms with E-state index in [2.05, 4.69) is 28.5 Å². The number of rotatable bonds is 2. The fourth-order valence-corrected chi connectivity index (χ4v) is 6.84. The van der Waals surface area contributed by atoms with Gasteiger partial charge in [0.1, 0.15) is 0 Å². The maximum atomic E-state index is 13.1. The van der Waals surface area contributed by atoms with Crippen LogP contribution < -0.4 is 5.32 Å². The molecule has 0 bridgehead atoms. The Balaban J connectivity index is 0.00000196. The summed E-state index contributed by atoms with van der Waals surface area (Å²) >= 11 is 1.97. The average Bonchev–Trinajstić information content (AvgIpc) is 3.06. The Bertz CT molecular complexity index is 593. The first kappa shape index (κ1) is 20.0. The number of allylic oxidation sites excluding steroid dienone is 3. The molecule has 1 saturated heterocycles. The van der Waals surface area contributed by atoms with Crippen LogP contribution in [0.25, 0.3) is 0 Å². The first-order valence-corrected chi connectivity index (χ1v) is 11.1. The number of nitrogens with zero attached hydrogens (tertiary/aromatic N) is 1. The quantitative estimate of drug-likeness (QED) is 0.710. The largest absolute Gasteiger partial charge is 0.353 e. The molecule has 1 N–H and O–H groups in total. The summed E-state index contributed by atoms with van der Waals surface area (Å²) in [6, 6.07) is 0.394. The summed E-state index contributed by atoms with van der Waals surface area (Å²) in [5.41, 5.74) is 1.19. The number of amides is 1. The van der Waals surface area contributed by atoms with Crippen molar-refractivity contribution in [2.24, 2.45) is 16.8 Å². The molecule has 0 aromatic heterocycles. The molecule has 1 amide bonds. The van der Waals surface area contributed by atoms with Crippen LogP contribution in [0.2, 0.25) is 0 Å². The van der Waals surface area contributed by atoms with Crippen molar-refractivity contribution < 1.29 is 4.79 Å². The molecule has 2 fully saturated rings. The van der Waals surface area contributed by atoms with Crippen molar-refractivity contribution in [1.29, 1.82) is 0 Å². The molecular weight excluding hydrogens is 364 g/mol. The molecule has 2 heterocycles. The zero-order valence-electron chi connectivity index (χ0n) is 15.5. The van der Waals surface area contributed by atoms with Gasteiger partial charge < -0.3 is 5.32 Å². The average molecular weight is 395 g/mol. The van der Waals surface area contributed by atoms with Crippen molar-refractivity contribution in [1.82, 2.24) is 5.32 Å². The summed E-state index contributed by atoms with van der Waals surface area (Å²) in [5.74, 6) is 1.79. The van der Waals surface area contributed by atoms with Gasteiger partial charge in [0.15, 0.2) is 0 Å². The van der Waals surface area contributed by atoms with Crippen LogP contribution in [0.3, 0.4) is 0 Å². The van der Waals surface area contributed by atoms with Gasteiger partial charge in [0, 0.05) is 18.0 Å². The van der Waals surface area contributed by atoms with Gasteiger partial charge in [-0.05, 0) is 37.7 Å². The Morgan fingerprint density at radius 3 is 2.65 bits per heavy atom. The lowest BCUT2D eigenvalue weighted by Crippen LogP contribution is -2.45. The van der Waals surface area contributed by atoms with Crippen LogP contribution >= 0.6 is 24.2 Å². The Kier molecular flexibility index (Phi) is 6.90. The van der Waals surface area contributed by atoms with E-state index >= 15 is 0 Å². The zero-order valence-corrected chi connectivity index (χ0v) is 17.1. The molecule has 0 radical (unpaired) electrons. The van der Waals surface area contributed by atoms with E-state index < -0.39 is 0 Å². The second kappa shape index (κ2) is 8.97. The molecule has 1 saturated carbocycles. The third-order valence-electron chi connectivity index (χ3n) is 6.48. The number of hydrogen-bond donors (Lipinski definition) is 1. The predicted octanol–water partition coefficient (Wildman–Crippen LogP) is 5.06. The van der Waals surface area contributed by atoms with Gasteiger partial charge >= 0.3 is 0 Å². The lowest BCUT2D eigenvalue weighted by atomic mass is 9.73. The van der Waals surface area contributed by atoms with Crippen molar-refractivity contribution in [3.8, 4) is 0 Å². The third-order valence-corrected chi connectivity index (χ3v) is 8.20. The number of halogens is 1. The monoisotopic (exact) mass is 394 g/mol. The summed E-state index contributed by atoms with van der Waals surface area (Å²) < 4.78 is 0.0594. The molecule has 144 valence electrons. The number of nitrogens with one attached hydrogen (secondary N) is 1. The molecule has 2 aliphatic heterocycles. The van der Waals surface area contributed by atoms with E-state index in [1.54, 1.807) is 0 Å². The van der Waals surface area contributed by atoms with Gasteiger partial charge in [0.25, 0.3) is 0 Å². The maximum Gasteiger partial charge on any atom is 0.224 e. The highest BCUT2D eigenvalue weighted by Crippen LogP contribution is 2.57. The molecule has 1 spiro atoms. The SMILES string of the molecule is Cl.O=C(NC1CCCCCCCC1)C1CSC23CC=CC=C2N=CCC13. The second-order valence-electron chi connectivity index (χ2n) is 8.05. The van der Waals surface area contributed by atoms with E-state index in [4.69, 9.17) is 0 Å². The molecule has 4 aliphatic rings. The third kappa shape index (κ3) is 3.91. The number of carbonyl (C=O) groups is 1. The predicted molar refractivity (Wildman–Crippen MR) is 113 cm³/mol. The van der Waals surface area contributed by atoms with Gasteiger partial charge in [0.05, 0.1) is 16.4 Å². The Morgan fingerprint density at radius 1 is 1.15 bits per heavy atom. The molecule has 5 heteroatoms. The van der Waals surface area contributed by atoms with Crippen LogP contribution in [0, 0.1) is 11.8 Å². The fourth-order valence-electron chi connectivity index (χ4n) is 5.02. The van der Waals surface area contributed by atoms with E-state index in [1.165, 1.54) is 44.2 Å². The smallest absolute Gasteiger partial charge is 0.224 e. The second-order valence-corrected chi connectivity index (χ2v) is 9.40. The normalized spacial score (nSPS) is 34.4. The highest BCUT2D eigenvalue weighted by atomic mass is 35.5. The minimum Gasteiger partial charge on any atom is -0.353 e. The van der Waals surface area contributed by atoms with Crippen molar-refractivity contribution in [3.05, 3.63) is 23.9 Å². The van der Waals surface area contributed by atoms with Crippen LogP contribution in [0.5, 0.6) is 0 Å². The lowest BCUT2D eigenvalue weighted by Gasteiger charge is -2.39. The van der Waals surface area contributed by atoms with Gasteiger partial charge in [-0.1, -0.05) is 50.7 Å². The van der Waals surface area contributed by atoms with E-state index in [-0.39, 0.29) is 23.1 Å². The van der Waals surface area contributed by atoms with Crippen molar-refractivity contribution in [2.45, 2.75) is 75.0 Å². The number of aliphatic imine (C=N–C) groups is 1. The van der Waals surface area contributed by atoms with Gasteiger partial charge in [-0.25, -0.2) is 0 Å². The van der Waals surface area contributed by atoms with Crippen LogP contribution in [0.4, 0.5) is 0 Å². The lowest BCUT2D eigenvalue weighted by molar-refractivity contribution is -0.126. The molecule has 0 aromatic carbocycles. The van der Waals surface area contributed by atoms with Gasteiger partial charge in [-0.15, -0.1) is 24.2 Å². The van der Waals surface area contributed by atoms with E-state index in [0.717, 1.165) is 31.4 Å². The molecule has 2 aliphatic carbocycles. The van der Waals surface area contributed by atoms with Crippen LogP contribution in [0.1, 0.15) is 64.2 Å². The zero-order chi connectivity index (χ0) is 17.1. The van der Waals surface area contributed by atoms with Crippen molar-refractivity contribution in [2.75, 3.05) is 5.75 Å². The molecule has 26 heavy (non-hydrogen) atoms. The van der Waals surface area contributed by atoms with Crippen LogP contribution in [-0.4, -0.2) is 28.7 Å². The molecule has 0 aromatic rings. The highest BCUT2D eigenvalue weighted by Gasteiger charge is 2.54. The topological polar surface area (TPSA) is 41.5 Å². The Hall–Kier alpha value is -0.740. The van der Waals surface area contributed by atoms with Crippen molar-refractivity contribution >= 4 is 36.3 Å². The van der Waals surface area contributed by atoms with E-state index in [0.29, 0.717) is 17.9 Å². The van der Waals surface area contributed by atoms with Gasteiger partial charge in [0.2, 0.25) is 5.91 Å². The molecule has 3 unspecified atom stereocenters. The summed E-state index contributed by atoms with van der Waals surface area (Å²) in [7, 11) is 0. The fraction of sp³-hybridized carbons (Fsp3) is 0.714. The molecule has 4 rings (SSSR count). The molecular formula is C21H31ClN2OS. The first-order chi connectivity index (χ1) is 12.3. The number of hydrogen-bond acceptors (Lipinski definition) is 3. The molecule has 3 atom stereocenters. The molecule has 3 nitrogen and oxygen atoms in total. The van der Waals surface area contributed by atoms with Crippen LogP contribution in [-0.2, 0) is 4.79 Å². The Labute approximate surface area is 168 Å². The Morgan fingerprint density at radius 2 is 1.88 bits per heavy atom. The number of thioether (sulfide) groups is 1. The maximum absolute atomic E-state index is 13.1. The minimum atomic E-state index is 0. The first-order valence-electron chi connectivity index (χ1n) is 10.1. The van der Waals surface area contributed by atoms with Crippen LogP contribution in [0.15, 0.2) is 28.9 Å². The van der Waals surface area contributed by atoms with Gasteiger partial charge in [-0.2, -0.15) is 0 Å². The summed E-state index contributed by atoms with van der Waals surface area (Å²) in [4.78, 5) is 17.8. The van der Waals surface area contributed by atoms with Crippen molar-refractivity contribution in [3.63, 3.8) is 0 Å². The standard InChI is InChI=1S/C21H30N2OS.ClH/c24-20(23-16-9-5-3-1-2-4-6-10-16)17-15-25-21-13-8-7-11-19(21)22-14-12-18(17)21;/h7-8,11,14,16-18H,1-6,9-10,12-13,15H2,(H,23,24);1H. The summed E-state index contributed by atoms with van der Waals surface area (Å²) in [5, 5.41) is 3.45. The number of carbonyl (C=O) groups excluding carboxylic acids is 1. The minimum absolute atomic E-state index is 0. The summed E-state index contributed by atoms with van der Waals surface area (Å²) in [6.45, 7) is 0. The van der Waals surface area contributed by atoms with E-state index in [9.17, 15) is 4.79 Å². The van der Waals surface area contributed by atoms with Gasteiger partial charge in [-0.3, -0.25) is 9.79 Å². The highest BCUT2D eigenvalue weighted by molar-refractivity contribution is 8.01. The van der Waals surface area contributed by atoms with E-state index in [1.807, 2.05) is 18.0 Å². The summed E-state index contributed by atoms with van der Waals surface area (Å²) in [6.07, 6.45) is 20.8.